The lowest BCUT2D eigenvalue weighted by Crippen LogP contribution is -2.46. The van der Waals surface area contributed by atoms with Crippen molar-refractivity contribution in [3.05, 3.63) is 94.8 Å². The number of benzene rings is 3. The number of nitrogens with one attached hydrogen (secondary N) is 4. The second kappa shape index (κ2) is 19.6. The number of phenolic OH excluding ortho intramolecular Hbond substituents is 1. The molecule has 0 spiro atoms. The predicted molar refractivity (Wildman–Crippen MR) is 212 cm³/mol. The number of carbonyl (C=O) groups excluding carboxylic acids is 2. The maximum Gasteiger partial charge on any atom is 0.412 e. The Morgan fingerprint density at radius 3 is 2.37 bits per heavy atom. The molecule has 3 aromatic carbocycles. The number of phenols is 1. The van der Waals surface area contributed by atoms with Crippen molar-refractivity contribution >= 4 is 22.9 Å². The van der Waals surface area contributed by atoms with E-state index >= 15 is 0 Å². The summed E-state index contributed by atoms with van der Waals surface area (Å²) in [7, 11) is 0. The van der Waals surface area contributed by atoms with E-state index in [-0.39, 0.29) is 29.3 Å². The van der Waals surface area contributed by atoms with Gasteiger partial charge in [0, 0.05) is 55.2 Å². The van der Waals surface area contributed by atoms with Crippen molar-refractivity contribution in [2.24, 2.45) is 5.92 Å². The van der Waals surface area contributed by atoms with Crippen LogP contribution in [0.25, 0.3) is 22.0 Å². The van der Waals surface area contributed by atoms with Crippen molar-refractivity contribution in [1.29, 1.82) is 0 Å². The Balaban J connectivity index is 0.784. The molecule has 1 saturated heterocycles. The molecule has 2 heterocycles. The lowest BCUT2D eigenvalue weighted by Gasteiger charge is -2.34. The molecule has 54 heavy (non-hydrogen) atoms. The van der Waals surface area contributed by atoms with Gasteiger partial charge in [-0.15, -0.1) is 0 Å². The number of aliphatic hydroxyl groups excluding tert-OH is 1. The summed E-state index contributed by atoms with van der Waals surface area (Å²) in [5.41, 5.74) is 2.58. The number of amides is 2. The van der Waals surface area contributed by atoms with Crippen LogP contribution in [-0.2, 0) is 4.79 Å². The van der Waals surface area contributed by atoms with E-state index in [4.69, 9.17) is 4.74 Å². The van der Waals surface area contributed by atoms with Crippen LogP contribution < -0.4 is 26.2 Å². The summed E-state index contributed by atoms with van der Waals surface area (Å²) in [6.07, 6.45) is 9.38. The monoisotopic (exact) mass is 737 g/mol. The lowest BCUT2D eigenvalue weighted by molar-refractivity contribution is -0.122. The van der Waals surface area contributed by atoms with Crippen molar-refractivity contribution in [2.75, 3.05) is 32.7 Å². The zero-order valence-electron chi connectivity index (χ0n) is 31.1. The van der Waals surface area contributed by atoms with Crippen molar-refractivity contribution < 1.29 is 24.5 Å². The topological polar surface area (TPSA) is 156 Å². The lowest BCUT2D eigenvalue weighted by atomic mass is 9.84. The van der Waals surface area contributed by atoms with Crippen LogP contribution in [0.15, 0.2) is 83.7 Å². The van der Waals surface area contributed by atoms with Crippen LogP contribution in [0.1, 0.15) is 82.3 Å². The van der Waals surface area contributed by atoms with Crippen molar-refractivity contribution in [2.45, 2.75) is 88.8 Å². The number of aromatic amines is 1. The minimum atomic E-state index is -0.783. The van der Waals surface area contributed by atoms with E-state index < -0.39 is 12.2 Å². The number of likely N-dealkylation sites (tertiary alicyclic amines) is 1. The molecule has 0 unspecified atom stereocenters. The molecule has 0 radical (unpaired) electrons. The molecule has 1 aromatic heterocycles. The van der Waals surface area contributed by atoms with Gasteiger partial charge in [0.15, 0.2) is 0 Å². The minimum absolute atomic E-state index is 0.0265. The number of para-hydroxylation sites is 1. The Labute approximate surface area is 317 Å². The molecule has 11 nitrogen and oxygen atoms in total. The highest BCUT2D eigenvalue weighted by molar-refractivity contribution is 5.87. The number of pyridine rings is 1. The number of ether oxygens (including phenoxy) is 1. The zero-order chi connectivity index (χ0) is 37.7. The summed E-state index contributed by atoms with van der Waals surface area (Å²) in [4.78, 5) is 42.2. The number of H-pyrrole nitrogens is 1. The van der Waals surface area contributed by atoms with Crippen molar-refractivity contribution in [3.63, 3.8) is 0 Å². The summed E-state index contributed by atoms with van der Waals surface area (Å²) in [5, 5.41) is 31.0. The molecule has 4 aromatic rings. The number of aromatic hydroxyl groups is 1. The molecular weight excluding hydrogens is 683 g/mol. The third kappa shape index (κ3) is 11.2. The first-order valence-electron chi connectivity index (χ1n) is 19.7. The fourth-order valence-corrected chi connectivity index (χ4v) is 7.88. The number of unbranched alkanes of at least 4 members (excludes halogenated alkanes) is 2. The van der Waals surface area contributed by atoms with Gasteiger partial charge in [0.05, 0.1) is 11.6 Å². The van der Waals surface area contributed by atoms with E-state index in [9.17, 15) is 24.6 Å². The van der Waals surface area contributed by atoms with Crippen molar-refractivity contribution in [1.82, 2.24) is 25.8 Å². The molecule has 288 valence electrons. The summed E-state index contributed by atoms with van der Waals surface area (Å²) < 4.78 is 5.75. The van der Waals surface area contributed by atoms with Gasteiger partial charge in [0.2, 0.25) is 11.5 Å². The molecule has 1 saturated carbocycles. The number of rotatable bonds is 16. The molecule has 11 heteroatoms. The Hall–Kier alpha value is -4.71. The first-order chi connectivity index (χ1) is 26.3. The third-order valence-corrected chi connectivity index (χ3v) is 11.0. The van der Waals surface area contributed by atoms with Gasteiger partial charge in [0.25, 0.3) is 0 Å². The van der Waals surface area contributed by atoms with Crippen LogP contribution in [0.2, 0.25) is 0 Å². The number of carbonyl (C=O) groups is 2. The number of fused-ring (bicyclic) bond motifs is 1. The average molecular weight is 738 g/mol. The number of hydrogen-bond acceptors (Lipinski definition) is 8. The second-order valence-corrected chi connectivity index (χ2v) is 14.9. The maximum atomic E-state index is 12.8. The van der Waals surface area contributed by atoms with E-state index in [0.29, 0.717) is 41.1 Å². The number of piperidine rings is 1. The van der Waals surface area contributed by atoms with Crippen LogP contribution in [0.5, 0.6) is 11.5 Å². The summed E-state index contributed by atoms with van der Waals surface area (Å²) in [6, 6.07) is 24.1. The Morgan fingerprint density at radius 1 is 0.833 bits per heavy atom. The van der Waals surface area contributed by atoms with E-state index in [1.54, 1.807) is 12.1 Å². The molecule has 1 atom stereocenters. The number of hydrogen-bond donors (Lipinski definition) is 6. The first kappa shape index (κ1) is 39.0. The number of nitrogens with zero attached hydrogens (tertiary/aromatic N) is 1. The van der Waals surface area contributed by atoms with Gasteiger partial charge in [-0.2, -0.15) is 0 Å². The largest absolute Gasteiger partial charge is 0.506 e. The Bertz CT molecular complexity index is 1870. The van der Waals surface area contributed by atoms with Crippen LogP contribution in [0.3, 0.4) is 0 Å². The third-order valence-electron chi connectivity index (χ3n) is 11.0. The highest BCUT2D eigenvalue weighted by Crippen LogP contribution is 2.31. The molecule has 2 fully saturated rings. The molecule has 1 aliphatic heterocycles. The molecule has 1 aliphatic carbocycles. The molecule has 0 bridgehead atoms. The standard InChI is InChI=1S/C43H55N5O6/c49-37-20-18-35(36-19-21-41(52)47-42(36)37)38(50)29-44-25-8-2-5-13-40(51)45-32-16-14-30(15-17-32)22-26-48-27-23-33(24-28-48)46-43(53)54-39-12-7-6-11-34(39)31-9-3-1-4-10-31/h1,3-4,6-7,9-12,18-21,30,32-33,38,44,49-50H,2,5,8,13-17,22-29H2,(H,45,51)(H,46,53)(H,47,52)/t30?,32?,38-/m1/s1. The average Bonchev–Trinajstić information content (AvgIpc) is 3.18. The molecular formula is C43H55N5O6. The normalized spacial score (nSPS) is 18.6. The smallest absolute Gasteiger partial charge is 0.412 e. The highest BCUT2D eigenvalue weighted by Gasteiger charge is 2.25. The van der Waals surface area contributed by atoms with Gasteiger partial charge >= 0.3 is 6.09 Å². The van der Waals surface area contributed by atoms with Gasteiger partial charge in [-0.1, -0.05) is 61.0 Å². The predicted octanol–water partition coefficient (Wildman–Crippen LogP) is 6.40. The quantitative estimate of drug-likeness (QED) is 0.0722. The molecule has 2 aliphatic rings. The highest BCUT2D eigenvalue weighted by atomic mass is 16.6. The van der Waals surface area contributed by atoms with E-state index in [1.165, 1.54) is 18.6 Å². The van der Waals surface area contributed by atoms with E-state index in [1.807, 2.05) is 54.6 Å². The molecule has 6 rings (SSSR count). The van der Waals surface area contributed by atoms with Crippen LogP contribution in [0.4, 0.5) is 4.79 Å². The zero-order valence-corrected chi connectivity index (χ0v) is 31.1. The fourth-order valence-electron chi connectivity index (χ4n) is 7.88. The van der Waals surface area contributed by atoms with E-state index in [0.717, 1.165) is 95.1 Å². The summed E-state index contributed by atoms with van der Waals surface area (Å²) >= 11 is 0. The maximum absolute atomic E-state index is 12.8. The molecule has 6 N–H and O–H groups in total. The van der Waals surface area contributed by atoms with Crippen LogP contribution >= 0.6 is 0 Å². The Morgan fingerprint density at radius 2 is 1.57 bits per heavy atom. The van der Waals surface area contributed by atoms with E-state index in [2.05, 4.69) is 25.8 Å². The second-order valence-electron chi connectivity index (χ2n) is 14.9. The Kier molecular flexibility index (Phi) is 14.1. The van der Waals surface area contributed by atoms with Gasteiger partial charge in [-0.25, -0.2) is 4.79 Å². The van der Waals surface area contributed by atoms with Crippen LogP contribution in [-0.4, -0.2) is 76.9 Å². The summed E-state index contributed by atoms with van der Waals surface area (Å²) in [6.45, 7) is 4.09. The number of aliphatic hydroxyl groups is 1. The van der Waals surface area contributed by atoms with Gasteiger partial charge < -0.3 is 40.8 Å². The SMILES string of the molecule is O=C(CCCCCNC[C@@H](O)c1ccc(O)c2[nH]c(=O)ccc12)NC1CCC(CCN2CCC(NC(=O)Oc3ccccc3-c3ccccc3)CC2)CC1. The number of aromatic nitrogens is 1. The fraction of sp³-hybridized carbons (Fsp3) is 0.465. The summed E-state index contributed by atoms with van der Waals surface area (Å²) in [5.74, 6) is 1.37. The van der Waals surface area contributed by atoms with Gasteiger partial charge in [-0.3, -0.25) is 9.59 Å². The van der Waals surface area contributed by atoms with Gasteiger partial charge in [-0.05, 0) is 106 Å². The van der Waals surface area contributed by atoms with Gasteiger partial charge in [0.1, 0.15) is 11.5 Å². The van der Waals surface area contributed by atoms with Crippen LogP contribution in [0, 0.1) is 5.92 Å². The first-order valence-corrected chi connectivity index (χ1v) is 19.7. The molecule has 2 amide bonds. The van der Waals surface area contributed by atoms with Crippen molar-refractivity contribution in [3.8, 4) is 22.6 Å². The minimum Gasteiger partial charge on any atom is -0.506 e.